The lowest BCUT2D eigenvalue weighted by Gasteiger charge is -2.09. The predicted octanol–water partition coefficient (Wildman–Crippen LogP) is -1.82. The van der Waals surface area contributed by atoms with E-state index in [2.05, 4.69) is 0 Å². The minimum absolute atomic E-state index is 0.142. The van der Waals surface area contributed by atoms with Crippen molar-refractivity contribution in [2.75, 3.05) is 0 Å². The summed E-state index contributed by atoms with van der Waals surface area (Å²) in [6, 6.07) is 0. The first kappa shape index (κ1) is 13.8. The summed E-state index contributed by atoms with van der Waals surface area (Å²) in [7, 11) is 0. The first-order chi connectivity index (χ1) is 8.36. The van der Waals surface area contributed by atoms with Gasteiger partial charge in [0.15, 0.2) is 0 Å². The molecule has 0 aliphatic carbocycles. The molecule has 2 N–H and O–H groups in total. The van der Waals surface area contributed by atoms with Gasteiger partial charge in [-0.05, 0) is 6.92 Å². The van der Waals surface area contributed by atoms with Crippen LogP contribution in [-0.2, 0) is 29.3 Å². The Kier molecular flexibility index (Phi) is 4.16. The van der Waals surface area contributed by atoms with E-state index in [0.717, 1.165) is 10.8 Å². The number of carbonyl (C=O) groups excluding carboxylic acids is 1. The van der Waals surface area contributed by atoms with Crippen LogP contribution < -0.4 is 11.2 Å². The normalized spacial score (nSPS) is 10.3. The summed E-state index contributed by atoms with van der Waals surface area (Å²) < 4.78 is 1.37. The Labute approximate surface area is 101 Å². The van der Waals surface area contributed by atoms with Crippen molar-refractivity contribution in [2.24, 2.45) is 0 Å². The summed E-state index contributed by atoms with van der Waals surface area (Å²) in [5.41, 5.74) is -1.83. The molecule has 0 atom stereocenters. The van der Waals surface area contributed by atoms with Crippen molar-refractivity contribution in [1.82, 2.24) is 9.13 Å². The zero-order chi connectivity index (χ0) is 13.9. The number of ketones is 1. The number of aromatic nitrogens is 2. The highest BCUT2D eigenvalue weighted by Crippen LogP contribution is 1.90. The first-order valence-electron chi connectivity index (χ1n) is 5.02. The number of hydrogen-bond acceptors (Lipinski definition) is 5. The maximum Gasteiger partial charge on any atom is 0.331 e. The molecule has 0 unspecified atom stereocenters. The van der Waals surface area contributed by atoms with Gasteiger partial charge in [0.05, 0.1) is 18.7 Å². The highest BCUT2D eigenvalue weighted by molar-refractivity contribution is 5.75. The van der Waals surface area contributed by atoms with Crippen molar-refractivity contribution < 1.29 is 19.8 Å². The Hall–Kier alpha value is -2.22. The molecule has 0 fully saturated rings. The van der Waals surface area contributed by atoms with Crippen LogP contribution in [-0.4, -0.2) is 31.1 Å². The van der Waals surface area contributed by atoms with Crippen LogP contribution in [0, 0.1) is 0 Å². The third-order valence-corrected chi connectivity index (χ3v) is 2.16. The Morgan fingerprint density at radius 3 is 2.33 bits per heavy atom. The molecule has 98 valence electrons. The second kappa shape index (κ2) is 5.41. The maximum atomic E-state index is 11.8. The Morgan fingerprint density at radius 1 is 1.28 bits per heavy atom. The van der Waals surface area contributed by atoms with Crippen molar-refractivity contribution in [3.8, 4) is 0 Å². The number of nitrogens with zero attached hydrogens (tertiary/aromatic N) is 2. The van der Waals surface area contributed by atoms with Crippen molar-refractivity contribution >= 4 is 11.8 Å². The fraction of sp³-hybridized carbons (Fsp3) is 0.400. The summed E-state index contributed by atoms with van der Waals surface area (Å²) in [4.78, 5) is 45.0. The molecule has 0 amide bonds. The van der Waals surface area contributed by atoms with E-state index in [1.54, 1.807) is 0 Å². The van der Waals surface area contributed by atoms with E-state index >= 15 is 0 Å². The Morgan fingerprint density at radius 2 is 1.89 bits per heavy atom. The third kappa shape index (κ3) is 2.92. The minimum Gasteiger partial charge on any atom is -0.480 e. The average molecular weight is 256 g/mol. The number of carboxylic acid groups (broad SMARTS) is 1. The molecule has 18 heavy (non-hydrogen) atoms. The Bertz CT molecular complexity index is 597. The molecule has 1 rings (SSSR count). The molecular formula is C10H12N2O6. The van der Waals surface area contributed by atoms with Crippen molar-refractivity contribution in [3.63, 3.8) is 0 Å². The molecule has 0 aromatic carbocycles. The molecule has 0 saturated carbocycles. The summed E-state index contributed by atoms with van der Waals surface area (Å²) in [5.74, 6) is -1.69. The van der Waals surface area contributed by atoms with Crippen LogP contribution >= 0.6 is 0 Å². The van der Waals surface area contributed by atoms with Gasteiger partial charge in [-0.1, -0.05) is 0 Å². The lowest BCUT2D eigenvalue weighted by Crippen LogP contribution is -2.43. The topological polar surface area (TPSA) is 119 Å². The van der Waals surface area contributed by atoms with E-state index in [4.69, 9.17) is 10.2 Å². The summed E-state index contributed by atoms with van der Waals surface area (Å²) >= 11 is 0. The highest BCUT2D eigenvalue weighted by atomic mass is 16.4. The lowest BCUT2D eigenvalue weighted by atomic mass is 10.3. The standard InChI is InChI=1S/C10H12N2O6/c1-6(14)2-12-9(17)7(5-13)3-11(10(12)18)4-8(15)16/h3,13H,2,4-5H2,1H3,(H,15,16). The SMILES string of the molecule is CC(=O)Cn1c(=O)c(CO)cn(CC(=O)O)c1=O. The van der Waals surface area contributed by atoms with Crippen molar-refractivity contribution in [2.45, 2.75) is 26.6 Å². The largest absolute Gasteiger partial charge is 0.480 e. The zero-order valence-electron chi connectivity index (χ0n) is 9.62. The van der Waals surface area contributed by atoms with Gasteiger partial charge in [-0.2, -0.15) is 0 Å². The lowest BCUT2D eigenvalue weighted by molar-refractivity contribution is -0.137. The van der Waals surface area contributed by atoms with Gasteiger partial charge in [-0.25, -0.2) is 4.79 Å². The van der Waals surface area contributed by atoms with Gasteiger partial charge >= 0.3 is 11.7 Å². The highest BCUT2D eigenvalue weighted by Gasteiger charge is 2.13. The molecule has 8 heteroatoms. The van der Waals surface area contributed by atoms with Crippen LogP contribution in [0.3, 0.4) is 0 Å². The zero-order valence-corrected chi connectivity index (χ0v) is 9.62. The molecule has 0 aliphatic rings. The summed E-state index contributed by atoms with van der Waals surface area (Å²) in [6.07, 6.45) is 0.982. The number of aliphatic hydroxyl groups is 1. The van der Waals surface area contributed by atoms with Gasteiger partial charge in [0.2, 0.25) is 0 Å². The molecule has 8 nitrogen and oxygen atoms in total. The molecule has 1 aromatic rings. The maximum absolute atomic E-state index is 11.8. The average Bonchev–Trinajstić information content (AvgIpc) is 2.27. The molecule has 1 heterocycles. The van der Waals surface area contributed by atoms with Gasteiger partial charge < -0.3 is 10.2 Å². The molecule has 0 aliphatic heterocycles. The number of rotatable bonds is 5. The number of aliphatic carboxylic acids is 1. The van der Waals surface area contributed by atoms with E-state index in [1.165, 1.54) is 6.92 Å². The third-order valence-electron chi connectivity index (χ3n) is 2.16. The van der Waals surface area contributed by atoms with Gasteiger partial charge in [0, 0.05) is 6.20 Å². The van der Waals surface area contributed by atoms with Crippen LogP contribution in [0.1, 0.15) is 12.5 Å². The quantitative estimate of drug-likeness (QED) is 0.640. The van der Waals surface area contributed by atoms with E-state index in [9.17, 15) is 19.2 Å². The number of carbonyl (C=O) groups is 2. The van der Waals surface area contributed by atoms with Gasteiger partial charge in [-0.15, -0.1) is 0 Å². The number of Topliss-reactive ketones (excluding diaryl/α,β-unsaturated/α-hetero) is 1. The molecule has 0 spiro atoms. The smallest absolute Gasteiger partial charge is 0.331 e. The van der Waals surface area contributed by atoms with Crippen LogP contribution in [0.25, 0.3) is 0 Å². The fourth-order valence-corrected chi connectivity index (χ4v) is 1.44. The molecule has 1 aromatic heterocycles. The minimum atomic E-state index is -1.27. The van der Waals surface area contributed by atoms with Gasteiger partial charge in [-0.3, -0.25) is 23.5 Å². The van der Waals surface area contributed by atoms with E-state index in [-0.39, 0.29) is 5.56 Å². The molecular weight excluding hydrogens is 244 g/mol. The fourth-order valence-electron chi connectivity index (χ4n) is 1.44. The van der Waals surface area contributed by atoms with Gasteiger partial charge in [0.25, 0.3) is 5.56 Å². The van der Waals surface area contributed by atoms with Crippen LogP contribution in [0.15, 0.2) is 15.8 Å². The second-order valence-corrected chi connectivity index (χ2v) is 3.71. The van der Waals surface area contributed by atoms with Crippen LogP contribution in [0.4, 0.5) is 0 Å². The van der Waals surface area contributed by atoms with Crippen LogP contribution in [0.2, 0.25) is 0 Å². The first-order valence-corrected chi connectivity index (χ1v) is 5.02. The number of aliphatic hydroxyl groups excluding tert-OH is 1. The summed E-state index contributed by atoms with van der Waals surface area (Å²) in [5, 5.41) is 17.6. The second-order valence-electron chi connectivity index (χ2n) is 3.71. The Balaban J connectivity index is 3.48. The monoisotopic (exact) mass is 256 g/mol. The van der Waals surface area contributed by atoms with Gasteiger partial charge in [0.1, 0.15) is 12.3 Å². The predicted molar refractivity (Wildman–Crippen MR) is 59.2 cm³/mol. The van der Waals surface area contributed by atoms with Crippen LogP contribution in [0.5, 0.6) is 0 Å². The molecule has 0 bridgehead atoms. The summed E-state index contributed by atoms with van der Waals surface area (Å²) in [6.45, 7) is -0.551. The number of carboxylic acids is 1. The van der Waals surface area contributed by atoms with E-state index in [1.807, 2.05) is 0 Å². The molecule has 0 radical (unpaired) electrons. The van der Waals surface area contributed by atoms with Crippen molar-refractivity contribution in [3.05, 3.63) is 32.6 Å². The van der Waals surface area contributed by atoms with E-state index < -0.39 is 42.7 Å². The van der Waals surface area contributed by atoms with Crippen molar-refractivity contribution in [1.29, 1.82) is 0 Å². The van der Waals surface area contributed by atoms with E-state index in [0.29, 0.717) is 4.57 Å². The number of hydrogen-bond donors (Lipinski definition) is 2. The molecule has 0 saturated heterocycles.